The highest BCUT2D eigenvalue weighted by Gasteiger charge is 2.20. The highest BCUT2D eigenvalue weighted by Crippen LogP contribution is 2.29. The number of rotatable bonds is 5. The summed E-state index contributed by atoms with van der Waals surface area (Å²) >= 11 is 2.69. The lowest BCUT2D eigenvalue weighted by Crippen LogP contribution is -2.22. The molecule has 2 aromatic heterocycles. The monoisotopic (exact) mass is 427 g/mol. The number of hydrogen-bond acceptors (Lipinski definition) is 7. The molecular formula is C20H21N5O2S2. The molecule has 2 amide bonds. The van der Waals surface area contributed by atoms with Crippen LogP contribution in [0.15, 0.2) is 41.8 Å². The zero-order valence-electron chi connectivity index (χ0n) is 16.5. The third kappa shape index (κ3) is 5.33. The first-order chi connectivity index (χ1) is 13.7. The Kier molecular flexibility index (Phi) is 6.19. The number of nitrogens with zero attached hydrogens (tertiary/aromatic N) is 4. The van der Waals surface area contributed by atoms with Gasteiger partial charge in [-0.3, -0.25) is 19.8 Å². The Labute approximate surface area is 177 Å². The Hall–Kier alpha value is -2.91. The molecule has 150 valence electrons. The summed E-state index contributed by atoms with van der Waals surface area (Å²) in [7, 11) is 0. The molecule has 29 heavy (non-hydrogen) atoms. The maximum absolute atomic E-state index is 12.2. The Morgan fingerprint density at radius 3 is 2.48 bits per heavy atom. The minimum absolute atomic E-state index is 0.116. The second kappa shape index (κ2) is 8.62. The molecule has 3 aromatic rings. The summed E-state index contributed by atoms with van der Waals surface area (Å²) in [5.41, 5.74) is 1.22. The number of thiazole rings is 1. The number of carbonyl (C=O) groups is 2. The molecule has 0 radical (unpaired) electrons. The van der Waals surface area contributed by atoms with Crippen molar-refractivity contribution in [2.24, 2.45) is 0 Å². The summed E-state index contributed by atoms with van der Waals surface area (Å²) in [4.78, 5) is 30.3. The molecule has 1 aromatic carbocycles. The zero-order valence-corrected chi connectivity index (χ0v) is 18.2. The van der Waals surface area contributed by atoms with Crippen molar-refractivity contribution in [1.82, 2.24) is 15.2 Å². The zero-order chi connectivity index (χ0) is 21.0. The molecule has 2 heterocycles. The van der Waals surface area contributed by atoms with Crippen LogP contribution in [0, 0.1) is 0 Å². The van der Waals surface area contributed by atoms with Crippen LogP contribution in [0.4, 0.5) is 16.0 Å². The van der Waals surface area contributed by atoms with E-state index in [0.717, 1.165) is 10.7 Å². The van der Waals surface area contributed by atoms with E-state index >= 15 is 0 Å². The summed E-state index contributed by atoms with van der Waals surface area (Å²) < 4.78 is 0. The fourth-order valence-corrected chi connectivity index (χ4v) is 4.00. The van der Waals surface area contributed by atoms with E-state index in [1.165, 1.54) is 40.6 Å². The fourth-order valence-electron chi connectivity index (χ4n) is 2.34. The van der Waals surface area contributed by atoms with Crippen LogP contribution in [0.2, 0.25) is 0 Å². The number of aromatic nitrogens is 3. The molecule has 0 saturated heterocycles. The molecule has 1 N–H and O–H groups in total. The van der Waals surface area contributed by atoms with Crippen molar-refractivity contribution in [3.05, 3.63) is 52.5 Å². The first kappa shape index (κ1) is 20.8. The smallest absolute Gasteiger partial charge is 0.250 e. The van der Waals surface area contributed by atoms with Gasteiger partial charge in [0.25, 0.3) is 0 Å². The van der Waals surface area contributed by atoms with E-state index in [4.69, 9.17) is 0 Å². The van der Waals surface area contributed by atoms with Crippen LogP contribution in [0.25, 0.3) is 6.08 Å². The van der Waals surface area contributed by atoms with Gasteiger partial charge in [-0.15, -0.1) is 21.5 Å². The number of nitrogens with one attached hydrogen (secondary N) is 1. The predicted octanol–water partition coefficient (Wildman–Crippen LogP) is 4.63. The van der Waals surface area contributed by atoms with Crippen molar-refractivity contribution in [2.45, 2.75) is 33.1 Å². The number of benzene rings is 1. The fraction of sp³-hybridized carbons (Fsp3) is 0.250. The van der Waals surface area contributed by atoms with Crippen molar-refractivity contribution in [2.75, 3.05) is 10.2 Å². The van der Waals surface area contributed by atoms with E-state index in [9.17, 15) is 9.59 Å². The number of carbonyl (C=O) groups excluding carboxylic acids is 2. The summed E-state index contributed by atoms with van der Waals surface area (Å²) in [6.45, 7) is 7.61. The third-order valence-corrected chi connectivity index (χ3v) is 5.84. The van der Waals surface area contributed by atoms with E-state index in [2.05, 4.69) is 20.5 Å². The molecule has 0 bridgehead atoms. The second-order valence-corrected chi connectivity index (χ2v) is 9.04. The molecule has 0 aliphatic heterocycles. The summed E-state index contributed by atoms with van der Waals surface area (Å²) in [6, 6.07) is 9.31. The maximum atomic E-state index is 12.2. The number of amides is 2. The molecule has 0 aliphatic rings. The molecule has 0 spiro atoms. The molecule has 7 nitrogen and oxygen atoms in total. The van der Waals surface area contributed by atoms with Crippen molar-refractivity contribution < 1.29 is 9.59 Å². The highest BCUT2D eigenvalue weighted by molar-refractivity contribution is 7.15. The van der Waals surface area contributed by atoms with Gasteiger partial charge >= 0.3 is 0 Å². The van der Waals surface area contributed by atoms with Gasteiger partial charge in [0.1, 0.15) is 5.01 Å². The quantitative estimate of drug-likeness (QED) is 0.600. The van der Waals surface area contributed by atoms with Crippen LogP contribution in [-0.2, 0) is 15.0 Å². The molecule has 9 heteroatoms. The van der Waals surface area contributed by atoms with Gasteiger partial charge in [0, 0.05) is 23.8 Å². The van der Waals surface area contributed by atoms with Crippen molar-refractivity contribution in [3.63, 3.8) is 0 Å². The van der Waals surface area contributed by atoms with E-state index in [-0.39, 0.29) is 17.2 Å². The molecule has 0 unspecified atom stereocenters. The van der Waals surface area contributed by atoms with Gasteiger partial charge in [0.05, 0.1) is 11.4 Å². The van der Waals surface area contributed by atoms with Gasteiger partial charge in [-0.25, -0.2) is 4.98 Å². The first-order valence-electron chi connectivity index (χ1n) is 8.88. The number of para-hydroxylation sites is 1. The van der Waals surface area contributed by atoms with Crippen molar-refractivity contribution >= 4 is 56.5 Å². The Morgan fingerprint density at radius 1 is 1.14 bits per heavy atom. The summed E-state index contributed by atoms with van der Waals surface area (Å²) in [5, 5.41) is 14.5. The van der Waals surface area contributed by atoms with Gasteiger partial charge in [0.15, 0.2) is 5.13 Å². The lowest BCUT2D eigenvalue weighted by Gasteiger charge is -2.17. The third-order valence-electron chi connectivity index (χ3n) is 3.73. The molecule has 0 fully saturated rings. The molecular weight excluding hydrogens is 406 g/mol. The normalized spacial score (nSPS) is 11.6. The predicted molar refractivity (Wildman–Crippen MR) is 118 cm³/mol. The van der Waals surface area contributed by atoms with E-state index in [1.807, 2.05) is 51.1 Å². The lowest BCUT2D eigenvalue weighted by atomic mass is 9.98. The van der Waals surface area contributed by atoms with Crippen LogP contribution in [0.1, 0.15) is 38.4 Å². The Balaban J connectivity index is 1.69. The second-order valence-electron chi connectivity index (χ2n) is 7.23. The SMILES string of the molecule is CC(=O)N(c1ccccc1)c1nc(/C=C/C(=O)Nc2nnc(C(C)(C)C)s2)cs1. The maximum Gasteiger partial charge on any atom is 0.250 e. The van der Waals surface area contributed by atoms with Gasteiger partial charge in [-0.1, -0.05) is 50.3 Å². The Morgan fingerprint density at radius 2 is 1.86 bits per heavy atom. The van der Waals surface area contributed by atoms with Crippen LogP contribution in [0.5, 0.6) is 0 Å². The summed E-state index contributed by atoms with van der Waals surface area (Å²) in [6.07, 6.45) is 2.99. The topological polar surface area (TPSA) is 88.1 Å². The highest BCUT2D eigenvalue weighted by atomic mass is 32.1. The van der Waals surface area contributed by atoms with Gasteiger partial charge in [-0.2, -0.15) is 0 Å². The van der Waals surface area contributed by atoms with Gasteiger partial charge in [-0.05, 0) is 18.2 Å². The minimum Gasteiger partial charge on any atom is -0.297 e. The van der Waals surface area contributed by atoms with Crippen LogP contribution < -0.4 is 10.2 Å². The first-order valence-corrected chi connectivity index (χ1v) is 10.6. The van der Waals surface area contributed by atoms with Gasteiger partial charge < -0.3 is 0 Å². The van der Waals surface area contributed by atoms with E-state index in [0.29, 0.717) is 16.0 Å². The van der Waals surface area contributed by atoms with Crippen molar-refractivity contribution in [1.29, 1.82) is 0 Å². The van der Waals surface area contributed by atoms with E-state index < -0.39 is 0 Å². The summed E-state index contributed by atoms with van der Waals surface area (Å²) in [5.74, 6) is -0.451. The Bertz CT molecular complexity index is 1030. The largest absolute Gasteiger partial charge is 0.297 e. The van der Waals surface area contributed by atoms with Crippen LogP contribution in [0.3, 0.4) is 0 Å². The molecule has 0 aliphatic carbocycles. The van der Waals surface area contributed by atoms with Crippen molar-refractivity contribution in [3.8, 4) is 0 Å². The lowest BCUT2D eigenvalue weighted by molar-refractivity contribution is -0.116. The molecule has 0 atom stereocenters. The molecule has 3 rings (SSSR count). The van der Waals surface area contributed by atoms with Gasteiger partial charge in [0.2, 0.25) is 16.9 Å². The number of anilines is 3. The average molecular weight is 428 g/mol. The molecule has 0 saturated carbocycles. The van der Waals surface area contributed by atoms with Crippen LogP contribution in [-0.4, -0.2) is 27.0 Å². The minimum atomic E-state index is -0.317. The standard InChI is InChI=1S/C20H21N5O2S2/c1-13(26)25(15-8-6-5-7-9-15)19-21-14(12-28-19)10-11-16(27)22-18-24-23-17(29-18)20(2,3)4/h5-12H,1-4H3,(H,22,24,27)/b11-10+. The number of hydrogen-bond donors (Lipinski definition) is 1. The van der Waals surface area contributed by atoms with E-state index in [1.54, 1.807) is 11.5 Å². The van der Waals surface area contributed by atoms with Crippen LogP contribution >= 0.6 is 22.7 Å². The average Bonchev–Trinajstić information content (AvgIpc) is 3.30.